The lowest BCUT2D eigenvalue weighted by atomic mass is 10.2. The quantitative estimate of drug-likeness (QED) is 0.927. The fourth-order valence-electron chi connectivity index (χ4n) is 3.00. The van der Waals surface area contributed by atoms with Crippen LogP contribution in [0.1, 0.15) is 28.5 Å². The van der Waals surface area contributed by atoms with Gasteiger partial charge in [0.05, 0.1) is 11.3 Å². The normalized spacial score (nSPS) is 15.2. The third kappa shape index (κ3) is 3.96. The molecule has 0 aliphatic carbocycles. The van der Waals surface area contributed by atoms with Crippen LogP contribution in [0.15, 0.2) is 30.5 Å². The maximum absolute atomic E-state index is 12.5. The van der Waals surface area contributed by atoms with Gasteiger partial charge in [-0.3, -0.25) is 4.79 Å². The molecule has 1 N–H and O–H groups in total. The highest BCUT2D eigenvalue weighted by Crippen LogP contribution is 2.17. The molecule has 1 aliphatic heterocycles. The van der Waals surface area contributed by atoms with Gasteiger partial charge in [0.25, 0.3) is 5.91 Å². The van der Waals surface area contributed by atoms with Crippen molar-refractivity contribution < 1.29 is 4.79 Å². The lowest BCUT2D eigenvalue weighted by molar-refractivity contribution is 0.102. The fourth-order valence-corrected chi connectivity index (χ4v) is 3.00. The molecular formula is C19H25N5O. The number of benzene rings is 1. The second-order valence-corrected chi connectivity index (χ2v) is 6.36. The SMILES string of the molecule is CCN1CCN(c2ncc(C(=O)Nc3ccccc3C)c(C)n2)CC1. The lowest BCUT2D eigenvalue weighted by Gasteiger charge is -2.34. The number of rotatable bonds is 4. The second-order valence-electron chi connectivity index (χ2n) is 6.36. The highest BCUT2D eigenvalue weighted by atomic mass is 16.1. The highest BCUT2D eigenvalue weighted by Gasteiger charge is 2.20. The minimum atomic E-state index is -0.172. The molecule has 6 nitrogen and oxygen atoms in total. The molecular weight excluding hydrogens is 314 g/mol. The summed E-state index contributed by atoms with van der Waals surface area (Å²) in [5.74, 6) is 0.537. The van der Waals surface area contributed by atoms with Gasteiger partial charge in [0.2, 0.25) is 5.95 Å². The lowest BCUT2D eigenvalue weighted by Crippen LogP contribution is -2.46. The standard InChI is InChI=1S/C19H25N5O/c1-4-23-9-11-24(12-10-23)19-20-13-16(15(3)21-19)18(25)22-17-8-6-5-7-14(17)2/h5-8,13H,4,9-12H2,1-3H3,(H,22,25). The Labute approximate surface area is 148 Å². The molecule has 0 bridgehead atoms. The molecule has 1 aromatic carbocycles. The van der Waals surface area contributed by atoms with E-state index in [-0.39, 0.29) is 5.91 Å². The minimum Gasteiger partial charge on any atom is -0.338 e. The summed E-state index contributed by atoms with van der Waals surface area (Å²) in [6, 6.07) is 7.72. The van der Waals surface area contributed by atoms with E-state index < -0.39 is 0 Å². The Balaban J connectivity index is 1.71. The van der Waals surface area contributed by atoms with Crippen molar-refractivity contribution in [2.75, 3.05) is 42.9 Å². The zero-order valence-electron chi connectivity index (χ0n) is 15.1. The minimum absolute atomic E-state index is 0.172. The number of piperazine rings is 1. The van der Waals surface area contributed by atoms with Crippen LogP contribution in [0.3, 0.4) is 0 Å². The van der Waals surface area contributed by atoms with Crippen LogP contribution in [0.5, 0.6) is 0 Å². The van der Waals surface area contributed by atoms with Gasteiger partial charge in [0.15, 0.2) is 0 Å². The number of anilines is 2. The molecule has 0 unspecified atom stereocenters. The Kier molecular flexibility index (Phi) is 5.28. The van der Waals surface area contributed by atoms with E-state index in [2.05, 4.69) is 32.0 Å². The predicted molar refractivity (Wildman–Crippen MR) is 100 cm³/mol. The molecule has 1 saturated heterocycles. The number of hydrogen-bond acceptors (Lipinski definition) is 5. The van der Waals surface area contributed by atoms with Gasteiger partial charge in [-0.05, 0) is 32.0 Å². The van der Waals surface area contributed by atoms with Gasteiger partial charge in [0, 0.05) is 38.1 Å². The zero-order chi connectivity index (χ0) is 17.8. The Hall–Kier alpha value is -2.47. The number of carbonyl (C=O) groups excluding carboxylic acids is 1. The maximum atomic E-state index is 12.5. The molecule has 0 spiro atoms. The number of aromatic nitrogens is 2. The van der Waals surface area contributed by atoms with Crippen molar-refractivity contribution in [3.05, 3.63) is 47.3 Å². The van der Waals surface area contributed by atoms with Crippen LogP contribution in [-0.4, -0.2) is 53.5 Å². The molecule has 1 fully saturated rings. The Morgan fingerprint density at radius 3 is 2.52 bits per heavy atom. The fraction of sp³-hybridized carbons (Fsp3) is 0.421. The first-order chi connectivity index (χ1) is 12.1. The van der Waals surface area contributed by atoms with Gasteiger partial charge < -0.3 is 15.1 Å². The van der Waals surface area contributed by atoms with Gasteiger partial charge in [-0.25, -0.2) is 9.97 Å². The Bertz CT molecular complexity index is 753. The summed E-state index contributed by atoms with van der Waals surface area (Å²) in [6.45, 7) is 11.0. The number of amides is 1. The van der Waals surface area contributed by atoms with Gasteiger partial charge in [-0.2, -0.15) is 0 Å². The summed E-state index contributed by atoms with van der Waals surface area (Å²) in [7, 11) is 0. The summed E-state index contributed by atoms with van der Waals surface area (Å²) < 4.78 is 0. The summed E-state index contributed by atoms with van der Waals surface area (Å²) in [6.07, 6.45) is 1.64. The van der Waals surface area contributed by atoms with Crippen LogP contribution in [0.2, 0.25) is 0 Å². The van der Waals surface area contributed by atoms with Crippen LogP contribution in [-0.2, 0) is 0 Å². The summed E-state index contributed by atoms with van der Waals surface area (Å²) in [5, 5.41) is 2.94. The molecule has 3 rings (SSSR count). The topological polar surface area (TPSA) is 61.4 Å². The third-order valence-electron chi connectivity index (χ3n) is 4.71. The molecule has 132 valence electrons. The van der Waals surface area contributed by atoms with E-state index in [0.717, 1.165) is 44.0 Å². The largest absolute Gasteiger partial charge is 0.338 e. The Morgan fingerprint density at radius 1 is 1.16 bits per heavy atom. The molecule has 0 saturated carbocycles. The summed E-state index contributed by atoms with van der Waals surface area (Å²) >= 11 is 0. The number of para-hydroxylation sites is 1. The van der Waals surface area contributed by atoms with Crippen LogP contribution < -0.4 is 10.2 Å². The number of aryl methyl sites for hydroxylation is 2. The molecule has 0 radical (unpaired) electrons. The van der Waals surface area contributed by atoms with Crippen molar-refractivity contribution in [1.29, 1.82) is 0 Å². The van der Waals surface area contributed by atoms with Gasteiger partial charge in [-0.15, -0.1) is 0 Å². The summed E-state index contributed by atoms with van der Waals surface area (Å²) in [5.41, 5.74) is 3.06. The number of likely N-dealkylation sites (N-methyl/N-ethyl adjacent to an activating group) is 1. The van der Waals surface area contributed by atoms with Crippen LogP contribution >= 0.6 is 0 Å². The molecule has 0 atom stereocenters. The van der Waals surface area contributed by atoms with Gasteiger partial charge in [-0.1, -0.05) is 25.1 Å². The van der Waals surface area contributed by atoms with Crippen molar-refractivity contribution in [1.82, 2.24) is 14.9 Å². The van der Waals surface area contributed by atoms with E-state index in [1.165, 1.54) is 0 Å². The highest BCUT2D eigenvalue weighted by molar-refractivity contribution is 6.05. The van der Waals surface area contributed by atoms with Crippen molar-refractivity contribution in [3.63, 3.8) is 0 Å². The number of carbonyl (C=O) groups is 1. The van der Waals surface area contributed by atoms with Crippen molar-refractivity contribution in [3.8, 4) is 0 Å². The molecule has 2 heterocycles. The smallest absolute Gasteiger partial charge is 0.259 e. The van der Waals surface area contributed by atoms with Gasteiger partial charge in [0.1, 0.15) is 0 Å². The van der Waals surface area contributed by atoms with Crippen molar-refractivity contribution in [2.45, 2.75) is 20.8 Å². The second kappa shape index (κ2) is 7.61. The van der Waals surface area contributed by atoms with E-state index in [1.54, 1.807) is 6.20 Å². The van der Waals surface area contributed by atoms with Crippen molar-refractivity contribution >= 4 is 17.5 Å². The van der Waals surface area contributed by atoms with E-state index in [0.29, 0.717) is 17.2 Å². The first-order valence-corrected chi connectivity index (χ1v) is 8.76. The first-order valence-electron chi connectivity index (χ1n) is 8.76. The van der Waals surface area contributed by atoms with Crippen LogP contribution in [0, 0.1) is 13.8 Å². The monoisotopic (exact) mass is 339 g/mol. The van der Waals surface area contributed by atoms with E-state index in [4.69, 9.17) is 0 Å². The number of hydrogen-bond donors (Lipinski definition) is 1. The first kappa shape index (κ1) is 17.4. The number of nitrogens with one attached hydrogen (secondary N) is 1. The third-order valence-corrected chi connectivity index (χ3v) is 4.71. The van der Waals surface area contributed by atoms with E-state index in [9.17, 15) is 4.79 Å². The maximum Gasteiger partial charge on any atom is 0.259 e. The van der Waals surface area contributed by atoms with Crippen LogP contribution in [0.25, 0.3) is 0 Å². The average Bonchev–Trinajstić information content (AvgIpc) is 2.63. The molecule has 1 amide bonds. The predicted octanol–water partition coefficient (Wildman–Crippen LogP) is 2.49. The average molecular weight is 339 g/mol. The van der Waals surface area contributed by atoms with E-state index in [1.807, 2.05) is 38.1 Å². The van der Waals surface area contributed by atoms with E-state index >= 15 is 0 Å². The number of nitrogens with zero attached hydrogens (tertiary/aromatic N) is 4. The molecule has 1 aromatic heterocycles. The van der Waals surface area contributed by atoms with Crippen molar-refractivity contribution in [2.24, 2.45) is 0 Å². The molecule has 1 aliphatic rings. The van der Waals surface area contributed by atoms with Crippen LogP contribution in [0.4, 0.5) is 11.6 Å². The molecule has 2 aromatic rings. The van der Waals surface area contributed by atoms with Gasteiger partial charge >= 0.3 is 0 Å². The molecule has 6 heteroatoms. The zero-order valence-corrected chi connectivity index (χ0v) is 15.1. The Morgan fingerprint density at radius 2 is 1.88 bits per heavy atom. The summed E-state index contributed by atoms with van der Waals surface area (Å²) in [4.78, 5) is 26.1. The molecule has 25 heavy (non-hydrogen) atoms.